The van der Waals surface area contributed by atoms with Gasteiger partial charge in [-0.25, -0.2) is 0 Å². The number of nitrogens with two attached hydrogens (primary N) is 1. The predicted octanol–water partition coefficient (Wildman–Crippen LogP) is 2.92. The van der Waals surface area contributed by atoms with Crippen molar-refractivity contribution in [3.05, 3.63) is 33.8 Å². The number of hydrazine groups is 1. The van der Waals surface area contributed by atoms with E-state index in [9.17, 15) is 0 Å². The lowest BCUT2D eigenvalue weighted by Gasteiger charge is -2.70. The van der Waals surface area contributed by atoms with Crippen molar-refractivity contribution in [1.82, 2.24) is 5.43 Å². The number of hydrogen-bond acceptors (Lipinski definition) is 2. The molecule has 86 valence electrons. The van der Waals surface area contributed by atoms with Crippen molar-refractivity contribution in [3.8, 4) is 0 Å². The van der Waals surface area contributed by atoms with Gasteiger partial charge < -0.3 is 0 Å². The van der Waals surface area contributed by atoms with Crippen LogP contribution < -0.4 is 11.3 Å². The van der Waals surface area contributed by atoms with Crippen LogP contribution in [0.3, 0.4) is 0 Å². The maximum Gasteiger partial charge on any atom is 0.0453 e. The third-order valence-corrected chi connectivity index (χ3v) is 4.77. The molecule has 0 aliphatic heterocycles. The quantitative estimate of drug-likeness (QED) is 0.645. The molecule has 0 amide bonds. The van der Waals surface area contributed by atoms with Crippen molar-refractivity contribution in [2.45, 2.75) is 31.2 Å². The zero-order valence-electron chi connectivity index (χ0n) is 8.89. The second kappa shape index (κ2) is 3.36. The normalized spacial score (nSPS) is 35.4. The molecule has 16 heavy (non-hydrogen) atoms. The molecule has 0 saturated heterocycles. The van der Waals surface area contributed by atoms with E-state index in [0.717, 1.165) is 41.3 Å². The Morgan fingerprint density at radius 1 is 1.19 bits per heavy atom. The summed E-state index contributed by atoms with van der Waals surface area (Å²) in [6.07, 6.45) is 4.43. The lowest BCUT2D eigenvalue weighted by Crippen LogP contribution is -2.75. The zero-order chi connectivity index (χ0) is 11.4. The van der Waals surface area contributed by atoms with E-state index in [4.69, 9.17) is 29.0 Å². The van der Waals surface area contributed by atoms with E-state index >= 15 is 0 Å². The van der Waals surface area contributed by atoms with Crippen LogP contribution in [0.15, 0.2) is 18.2 Å². The highest BCUT2D eigenvalue weighted by molar-refractivity contribution is 6.36. The van der Waals surface area contributed by atoms with E-state index in [1.165, 1.54) is 0 Å². The summed E-state index contributed by atoms with van der Waals surface area (Å²) in [6, 6.07) is 5.70. The molecule has 3 aliphatic rings. The van der Waals surface area contributed by atoms with Crippen molar-refractivity contribution in [2.24, 2.45) is 11.3 Å². The topological polar surface area (TPSA) is 38.0 Å². The highest BCUT2D eigenvalue weighted by atomic mass is 35.5. The number of halogens is 2. The molecule has 1 aromatic rings. The van der Waals surface area contributed by atoms with Crippen LogP contribution in [0.5, 0.6) is 0 Å². The summed E-state index contributed by atoms with van der Waals surface area (Å²) in [7, 11) is 0. The minimum Gasteiger partial charge on any atom is -0.271 e. The fourth-order valence-electron chi connectivity index (χ4n) is 3.41. The average molecular weight is 257 g/mol. The molecule has 3 N–H and O–H groups in total. The standard InChI is InChI=1S/C12H14Cl2N2/c13-9-2-1-3-10(14)8(9)4-11-5-12(6-11,7-11)16-15/h1-3,16H,4-7,15H2. The Morgan fingerprint density at radius 2 is 1.75 bits per heavy atom. The Balaban J connectivity index is 1.78. The molecule has 0 unspecified atom stereocenters. The summed E-state index contributed by atoms with van der Waals surface area (Å²) >= 11 is 12.4. The first-order chi connectivity index (χ1) is 7.58. The molecular weight excluding hydrogens is 243 g/mol. The van der Waals surface area contributed by atoms with Crippen molar-refractivity contribution in [3.63, 3.8) is 0 Å². The van der Waals surface area contributed by atoms with Crippen LogP contribution >= 0.6 is 23.2 Å². The molecule has 4 heteroatoms. The second-order valence-electron chi connectivity index (χ2n) is 5.33. The van der Waals surface area contributed by atoms with E-state index in [1.807, 2.05) is 18.2 Å². The Morgan fingerprint density at radius 3 is 2.25 bits per heavy atom. The van der Waals surface area contributed by atoms with Crippen LogP contribution in [0.4, 0.5) is 0 Å². The van der Waals surface area contributed by atoms with Gasteiger partial charge in [-0.3, -0.25) is 11.3 Å². The van der Waals surface area contributed by atoms with Crippen molar-refractivity contribution in [1.29, 1.82) is 0 Å². The van der Waals surface area contributed by atoms with Gasteiger partial charge in [0.1, 0.15) is 0 Å². The molecule has 4 rings (SSSR count). The van der Waals surface area contributed by atoms with Crippen LogP contribution in [0.2, 0.25) is 10.0 Å². The minimum absolute atomic E-state index is 0.230. The first kappa shape index (κ1) is 10.8. The number of nitrogens with one attached hydrogen (secondary N) is 1. The molecular formula is C12H14Cl2N2. The predicted molar refractivity (Wildman–Crippen MR) is 66.5 cm³/mol. The molecule has 0 radical (unpaired) electrons. The van der Waals surface area contributed by atoms with E-state index in [-0.39, 0.29) is 5.54 Å². The summed E-state index contributed by atoms with van der Waals surface area (Å²) in [5.41, 5.74) is 4.64. The third-order valence-electron chi connectivity index (χ3n) is 4.06. The van der Waals surface area contributed by atoms with Gasteiger partial charge in [-0.1, -0.05) is 29.3 Å². The summed E-state index contributed by atoms with van der Waals surface area (Å²) in [6.45, 7) is 0. The van der Waals surface area contributed by atoms with Gasteiger partial charge in [0.05, 0.1) is 0 Å². The fraction of sp³-hybridized carbons (Fsp3) is 0.500. The molecule has 2 bridgehead atoms. The van der Waals surface area contributed by atoms with E-state index < -0.39 is 0 Å². The smallest absolute Gasteiger partial charge is 0.0453 e. The Kier molecular flexibility index (Phi) is 2.28. The van der Waals surface area contributed by atoms with Crippen LogP contribution in [0.25, 0.3) is 0 Å². The van der Waals surface area contributed by atoms with E-state index in [2.05, 4.69) is 5.43 Å². The molecule has 0 heterocycles. The minimum atomic E-state index is 0.230. The molecule has 0 aromatic heterocycles. The van der Waals surface area contributed by atoms with Gasteiger partial charge >= 0.3 is 0 Å². The Labute approximate surface area is 105 Å². The van der Waals surface area contributed by atoms with Crippen LogP contribution in [-0.2, 0) is 6.42 Å². The fourth-order valence-corrected chi connectivity index (χ4v) is 3.95. The molecule has 0 spiro atoms. The van der Waals surface area contributed by atoms with Gasteiger partial charge in [0.2, 0.25) is 0 Å². The zero-order valence-corrected chi connectivity index (χ0v) is 10.4. The summed E-state index contributed by atoms with van der Waals surface area (Å²) in [4.78, 5) is 0. The molecule has 3 aliphatic carbocycles. The van der Waals surface area contributed by atoms with Crippen molar-refractivity contribution < 1.29 is 0 Å². The Bertz CT molecular complexity index is 405. The van der Waals surface area contributed by atoms with Crippen molar-refractivity contribution >= 4 is 23.2 Å². The third kappa shape index (κ3) is 1.41. The van der Waals surface area contributed by atoms with Gasteiger partial charge in [0.25, 0.3) is 0 Å². The largest absolute Gasteiger partial charge is 0.271 e. The number of benzene rings is 1. The van der Waals surface area contributed by atoms with Gasteiger partial charge in [-0.05, 0) is 48.8 Å². The molecule has 2 nitrogen and oxygen atoms in total. The van der Waals surface area contributed by atoms with E-state index in [0.29, 0.717) is 5.41 Å². The highest BCUT2D eigenvalue weighted by Gasteiger charge is 2.67. The van der Waals surface area contributed by atoms with E-state index in [1.54, 1.807) is 0 Å². The Hall–Kier alpha value is -0.280. The monoisotopic (exact) mass is 256 g/mol. The summed E-state index contributed by atoms with van der Waals surface area (Å²) in [5, 5.41) is 1.57. The summed E-state index contributed by atoms with van der Waals surface area (Å²) < 4.78 is 0. The average Bonchev–Trinajstić information content (AvgIpc) is 2.13. The maximum atomic E-state index is 6.18. The van der Waals surface area contributed by atoms with Crippen LogP contribution in [0.1, 0.15) is 24.8 Å². The van der Waals surface area contributed by atoms with Crippen LogP contribution in [0, 0.1) is 5.41 Å². The lowest BCUT2D eigenvalue weighted by molar-refractivity contribution is -0.153. The highest BCUT2D eigenvalue weighted by Crippen LogP contribution is 2.68. The number of rotatable bonds is 3. The van der Waals surface area contributed by atoms with Gasteiger partial charge in [0.15, 0.2) is 0 Å². The molecule has 3 saturated carbocycles. The second-order valence-corrected chi connectivity index (χ2v) is 6.15. The molecule has 1 aromatic carbocycles. The number of hydrogen-bond donors (Lipinski definition) is 2. The van der Waals surface area contributed by atoms with Gasteiger partial charge in [0, 0.05) is 15.6 Å². The SMILES string of the molecule is NNC12CC(Cc3c(Cl)cccc3Cl)(C1)C2. The van der Waals surface area contributed by atoms with Gasteiger partial charge in [-0.2, -0.15) is 0 Å². The van der Waals surface area contributed by atoms with Gasteiger partial charge in [-0.15, -0.1) is 0 Å². The summed E-state index contributed by atoms with van der Waals surface area (Å²) in [5.74, 6) is 5.52. The maximum absolute atomic E-state index is 6.18. The van der Waals surface area contributed by atoms with Crippen molar-refractivity contribution in [2.75, 3.05) is 0 Å². The van der Waals surface area contributed by atoms with Crippen LogP contribution in [-0.4, -0.2) is 5.54 Å². The molecule has 3 fully saturated rings. The molecule has 0 atom stereocenters. The lowest BCUT2D eigenvalue weighted by atomic mass is 9.38. The first-order valence-electron chi connectivity index (χ1n) is 5.49. The first-order valence-corrected chi connectivity index (χ1v) is 6.25.